The zero-order chi connectivity index (χ0) is 15.4. The summed E-state index contributed by atoms with van der Waals surface area (Å²) in [5.41, 5.74) is 3.19. The lowest BCUT2D eigenvalue weighted by molar-refractivity contribution is -0.117. The maximum Gasteiger partial charge on any atom is 0.238 e. The molecule has 4 nitrogen and oxygen atoms in total. The Labute approximate surface area is 127 Å². The number of nitrogens with zero attached hydrogens (tertiary/aromatic N) is 1. The summed E-state index contributed by atoms with van der Waals surface area (Å²) in [5, 5.41) is 12.5. The summed E-state index contributed by atoms with van der Waals surface area (Å²) in [4.78, 5) is 14.4. The number of nitrogens with one attached hydrogen (secondary N) is 1. The fourth-order valence-electron chi connectivity index (χ4n) is 3.02. The molecule has 0 aromatic heterocycles. The van der Waals surface area contributed by atoms with Crippen molar-refractivity contribution < 1.29 is 9.90 Å². The maximum absolute atomic E-state index is 12.2. The van der Waals surface area contributed by atoms with Crippen LogP contribution in [0.15, 0.2) is 18.2 Å². The number of carbonyl (C=O) groups excluding carboxylic acids is 1. The summed E-state index contributed by atoms with van der Waals surface area (Å²) in [5.74, 6) is 0.0289. The second-order valence-corrected chi connectivity index (χ2v) is 6.15. The topological polar surface area (TPSA) is 52.6 Å². The fourth-order valence-corrected chi connectivity index (χ4v) is 3.02. The molecular formula is C17H26N2O2. The minimum absolute atomic E-state index is 0.0289. The van der Waals surface area contributed by atoms with Crippen LogP contribution in [0, 0.1) is 13.8 Å². The molecule has 0 bridgehead atoms. The van der Waals surface area contributed by atoms with Crippen molar-refractivity contribution >= 4 is 11.6 Å². The molecule has 1 aliphatic heterocycles. The van der Waals surface area contributed by atoms with Crippen molar-refractivity contribution in [3.63, 3.8) is 0 Å². The van der Waals surface area contributed by atoms with Gasteiger partial charge in [0.25, 0.3) is 0 Å². The third-order valence-electron chi connectivity index (χ3n) is 4.34. The first-order valence-electron chi connectivity index (χ1n) is 7.75. The van der Waals surface area contributed by atoms with E-state index < -0.39 is 0 Å². The van der Waals surface area contributed by atoms with E-state index in [1.54, 1.807) is 0 Å². The van der Waals surface area contributed by atoms with Crippen molar-refractivity contribution in [2.45, 2.75) is 52.2 Å². The Kier molecular flexibility index (Phi) is 5.37. The van der Waals surface area contributed by atoms with Crippen LogP contribution in [0.3, 0.4) is 0 Å². The van der Waals surface area contributed by atoms with Crippen LogP contribution in [0.4, 0.5) is 5.69 Å². The van der Waals surface area contributed by atoms with Gasteiger partial charge < -0.3 is 10.4 Å². The third-order valence-corrected chi connectivity index (χ3v) is 4.34. The van der Waals surface area contributed by atoms with Gasteiger partial charge in [-0.15, -0.1) is 0 Å². The monoisotopic (exact) mass is 290 g/mol. The highest BCUT2D eigenvalue weighted by molar-refractivity contribution is 5.93. The van der Waals surface area contributed by atoms with E-state index in [-0.39, 0.29) is 12.0 Å². The number of amides is 1. The molecule has 0 spiro atoms. The molecular weight excluding hydrogens is 264 g/mol. The van der Waals surface area contributed by atoms with Gasteiger partial charge in [-0.2, -0.15) is 0 Å². The van der Waals surface area contributed by atoms with Crippen molar-refractivity contribution in [1.82, 2.24) is 4.90 Å². The molecule has 1 fully saturated rings. The Morgan fingerprint density at radius 2 is 2.24 bits per heavy atom. The second-order valence-electron chi connectivity index (χ2n) is 6.15. The lowest BCUT2D eigenvalue weighted by Gasteiger charge is -2.25. The number of aliphatic hydroxyl groups is 1. The van der Waals surface area contributed by atoms with Gasteiger partial charge in [-0.25, -0.2) is 0 Å². The van der Waals surface area contributed by atoms with Gasteiger partial charge in [0.15, 0.2) is 0 Å². The zero-order valence-electron chi connectivity index (χ0n) is 13.2. The lowest BCUT2D eigenvalue weighted by atomic mass is 10.1. The Morgan fingerprint density at radius 3 is 2.95 bits per heavy atom. The fraction of sp³-hybridized carbons (Fsp3) is 0.588. The normalized spacial score (nSPS) is 20.5. The first-order valence-corrected chi connectivity index (χ1v) is 7.75. The zero-order valence-corrected chi connectivity index (χ0v) is 13.2. The van der Waals surface area contributed by atoms with Crippen molar-refractivity contribution in [2.75, 3.05) is 18.4 Å². The molecule has 1 aromatic carbocycles. The smallest absolute Gasteiger partial charge is 0.238 e. The molecule has 1 aliphatic rings. The SMILES string of the molecule is Cc1cccc(NC(=O)CN2CCCC2CC(C)O)c1C. The van der Waals surface area contributed by atoms with E-state index in [0.717, 1.165) is 37.1 Å². The molecule has 0 saturated carbocycles. The summed E-state index contributed by atoms with van der Waals surface area (Å²) < 4.78 is 0. The molecule has 4 heteroatoms. The van der Waals surface area contributed by atoms with Gasteiger partial charge in [-0.05, 0) is 63.8 Å². The Bertz CT molecular complexity index is 500. The first-order chi connectivity index (χ1) is 9.97. The first kappa shape index (κ1) is 16.0. The van der Waals surface area contributed by atoms with Crippen molar-refractivity contribution in [2.24, 2.45) is 0 Å². The predicted molar refractivity (Wildman–Crippen MR) is 85.4 cm³/mol. The molecule has 1 heterocycles. The summed E-state index contributed by atoms with van der Waals surface area (Å²) in [7, 11) is 0. The van der Waals surface area contributed by atoms with E-state index in [1.807, 2.05) is 39.0 Å². The van der Waals surface area contributed by atoms with Gasteiger partial charge in [-0.1, -0.05) is 12.1 Å². The van der Waals surface area contributed by atoms with E-state index in [2.05, 4.69) is 10.2 Å². The Balaban J connectivity index is 1.93. The molecule has 2 N–H and O–H groups in total. The number of rotatable bonds is 5. The van der Waals surface area contributed by atoms with E-state index in [0.29, 0.717) is 12.6 Å². The van der Waals surface area contributed by atoms with Crippen molar-refractivity contribution in [1.29, 1.82) is 0 Å². The maximum atomic E-state index is 12.2. The molecule has 1 saturated heterocycles. The highest BCUT2D eigenvalue weighted by Crippen LogP contribution is 2.22. The predicted octanol–water partition coefficient (Wildman–Crippen LogP) is 2.48. The van der Waals surface area contributed by atoms with Crippen LogP contribution < -0.4 is 5.32 Å². The van der Waals surface area contributed by atoms with Crippen LogP contribution in [0.5, 0.6) is 0 Å². The third kappa shape index (κ3) is 4.29. The van der Waals surface area contributed by atoms with E-state index in [1.165, 1.54) is 5.56 Å². The number of carbonyl (C=O) groups is 1. The highest BCUT2D eigenvalue weighted by atomic mass is 16.3. The van der Waals surface area contributed by atoms with Gasteiger partial charge in [0, 0.05) is 11.7 Å². The average molecular weight is 290 g/mol. The van der Waals surface area contributed by atoms with Crippen molar-refractivity contribution in [3.05, 3.63) is 29.3 Å². The molecule has 116 valence electrons. The number of anilines is 1. The number of aryl methyl sites for hydroxylation is 1. The minimum Gasteiger partial charge on any atom is -0.393 e. The van der Waals surface area contributed by atoms with Gasteiger partial charge in [0.05, 0.1) is 12.6 Å². The standard InChI is InChI=1S/C17H26N2O2/c1-12-6-4-8-16(14(12)3)18-17(21)11-19-9-5-7-15(19)10-13(2)20/h4,6,8,13,15,20H,5,7,9-11H2,1-3H3,(H,18,21). The van der Waals surface area contributed by atoms with Crippen LogP contribution >= 0.6 is 0 Å². The van der Waals surface area contributed by atoms with Gasteiger partial charge >= 0.3 is 0 Å². The molecule has 1 aromatic rings. The second kappa shape index (κ2) is 7.05. The van der Waals surface area contributed by atoms with Crippen LogP contribution in [-0.2, 0) is 4.79 Å². The van der Waals surface area contributed by atoms with Gasteiger partial charge in [0.2, 0.25) is 5.91 Å². The summed E-state index contributed by atoms with van der Waals surface area (Å²) in [6, 6.07) is 6.28. The summed E-state index contributed by atoms with van der Waals surface area (Å²) in [6.07, 6.45) is 2.62. The largest absolute Gasteiger partial charge is 0.393 e. The van der Waals surface area contributed by atoms with E-state index in [9.17, 15) is 9.90 Å². The molecule has 0 radical (unpaired) electrons. The molecule has 2 atom stereocenters. The molecule has 2 rings (SSSR count). The van der Waals surface area contributed by atoms with Gasteiger partial charge in [-0.3, -0.25) is 9.69 Å². The number of likely N-dealkylation sites (tertiary alicyclic amines) is 1. The average Bonchev–Trinajstić information content (AvgIpc) is 2.81. The Morgan fingerprint density at radius 1 is 1.48 bits per heavy atom. The Hall–Kier alpha value is -1.39. The molecule has 21 heavy (non-hydrogen) atoms. The van der Waals surface area contributed by atoms with Crippen LogP contribution in [0.1, 0.15) is 37.3 Å². The summed E-state index contributed by atoms with van der Waals surface area (Å²) >= 11 is 0. The van der Waals surface area contributed by atoms with Crippen LogP contribution in [0.25, 0.3) is 0 Å². The van der Waals surface area contributed by atoms with Crippen LogP contribution in [0.2, 0.25) is 0 Å². The minimum atomic E-state index is -0.308. The highest BCUT2D eigenvalue weighted by Gasteiger charge is 2.27. The van der Waals surface area contributed by atoms with Crippen molar-refractivity contribution in [3.8, 4) is 0 Å². The summed E-state index contributed by atoms with van der Waals surface area (Å²) in [6.45, 7) is 7.23. The van der Waals surface area contributed by atoms with E-state index in [4.69, 9.17) is 0 Å². The quantitative estimate of drug-likeness (QED) is 0.876. The number of hydrogen-bond acceptors (Lipinski definition) is 3. The number of benzene rings is 1. The molecule has 1 amide bonds. The van der Waals surface area contributed by atoms with Gasteiger partial charge in [0.1, 0.15) is 0 Å². The number of hydrogen-bond donors (Lipinski definition) is 2. The number of aliphatic hydroxyl groups excluding tert-OH is 1. The lowest BCUT2D eigenvalue weighted by Crippen LogP contribution is -2.38. The molecule has 2 unspecified atom stereocenters. The molecule has 0 aliphatic carbocycles. The van der Waals surface area contributed by atoms with E-state index >= 15 is 0 Å². The van der Waals surface area contributed by atoms with Crippen LogP contribution in [-0.4, -0.2) is 41.1 Å².